The van der Waals surface area contributed by atoms with Gasteiger partial charge < -0.3 is 24.7 Å². The summed E-state index contributed by atoms with van der Waals surface area (Å²) in [6.07, 6.45) is 6.43. The highest BCUT2D eigenvalue weighted by molar-refractivity contribution is 14.0. The average molecular weight is 556 g/mol. The van der Waals surface area contributed by atoms with Crippen LogP contribution in [0.1, 0.15) is 48.5 Å². The monoisotopic (exact) mass is 556 g/mol. The number of benzene rings is 1. The van der Waals surface area contributed by atoms with Crippen molar-refractivity contribution in [1.82, 2.24) is 25.4 Å². The maximum absolute atomic E-state index is 5.98. The number of methoxy groups -OCH3 is 1. The van der Waals surface area contributed by atoms with Crippen molar-refractivity contribution in [3.8, 4) is 5.75 Å². The molecule has 8 nitrogen and oxygen atoms in total. The van der Waals surface area contributed by atoms with Crippen molar-refractivity contribution in [2.45, 2.75) is 58.5 Å². The summed E-state index contributed by atoms with van der Waals surface area (Å²) < 4.78 is 13.4. The SMILES string of the molecule is CN=C(NCCc1nnc2n1CCCCC2)NCc1ccc(C)cc1OCCCOC.I. The maximum atomic E-state index is 5.98. The molecule has 3 rings (SSSR count). The van der Waals surface area contributed by atoms with Gasteiger partial charge in [-0.2, -0.15) is 0 Å². The number of nitrogens with one attached hydrogen (secondary N) is 2. The van der Waals surface area contributed by atoms with Gasteiger partial charge in [0.05, 0.1) is 6.61 Å². The van der Waals surface area contributed by atoms with Crippen LogP contribution < -0.4 is 15.4 Å². The van der Waals surface area contributed by atoms with E-state index in [0.717, 1.165) is 61.3 Å². The van der Waals surface area contributed by atoms with Gasteiger partial charge in [0, 0.05) is 65.2 Å². The van der Waals surface area contributed by atoms with Gasteiger partial charge in [-0.05, 0) is 31.4 Å². The van der Waals surface area contributed by atoms with Crippen molar-refractivity contribution in [2.75, 3.05) is 33.9 Å². The van der Waals surface area contributed by atoms with E-state index in [1.807, 2.05) is 0 Å². The fourth-order valence-electron chi connectivity index (χ4n) is 3.75. The fourth-order valence-corrected chi connectivity index (χ4v) is 3.75. The van der Waals surface area contributed by atoms with Crippen LogP contribution in [0.25, 0.3) is 0 Å². The van der Waals surface area contributed by atoms with Crippen molar-refractivity contribution in [2.24, 2.45) is 4.99 Å². The lowest BCUT2D eigenvalue weighted by Crippen LogP contribution is -2.38. The van der Waals surface area contributed by atoms with E-state index in [0.29, 0.717) is 19.8 Å². The van der Waals surface area contributed by atoms with E-state index in [1.165, 1.54) is 24.8 Å². The van der Waals surface area contributed by atoms with Crippen LogP contribution in [0.4, 0.5) is 0 Å². The quantitative estimate of drug-likeness (QED) is 0.202. The zero-order valence-corrected chi connectivity index (χ0v) is 21.9. The molecule has 0 spiro atoms. The molecule has 0 atom stereocenters. The van der Waals surface area contributed by atoms with Gasteiger partial charge in [-0.3, -0.25) is 4.99 Å². The van der Waals surface area contributed by atoms with E-state index in [1.54, 1.807) is 14.2 Å². The molecule has 0 saturated heterocycles. The molecule has 178 valence electrons. The summed E-state index contributed by atoms with van der Waals surface area (Å²) in [5, 5.41) is 15.6. The van der Waals surface area contributed by atoms with Gasteiger partial charge in [0.15, 0.2) is 5.96 Å². The maximum Gasteiger partial charge on any atom is 0.191 e. The molecule has 0 amide bonds. The number of hydrogen-bond donors (Lipinski definition) is 2. The van der Waals surface area contributed by atoms with E-state index >= 15 is 0 Å². The third-order valence-corrected chi connectivity index (χ3v) is 5.47. The van der Waals surface area contributed by atoms with Crippen LogP contribution in [0, 0.1) is 6.92 Å². The second-order valence-corrected chi connectivity index (χ2v) is 7.90. The number of guanidine groups is 1. The van der Waals surface area contributed by atoms with Crippen molar-refractivity contribution in [3.05, 3.63) is 41.0 Å². The van der Waals surface area contributed by atoms with Crippen LogP contribution in [0.15, 0.2) is 23.2 Å². The van der Waals surface area contributed by atoms with Gasteiger partial charge in [-0.25, -0.2) is 0 Å². The van der Waals surface area contributed by atoms with E-state index in [9.17, 15) is 0 Å². The minimum Gasteiger partial charge on any atom is -0.493 e. The summed E-state index contributed by atoms with van der Waals surface area (Å²) in [6, 6.07) is 6.29. The van der Waals surface area contributed by atoms with Gasteiger partial charge in [-0.1, -0.05) is 18.6 Å². The molecule has 2 N–H and O–H groups in total. The molecule has 9 heteroatoms. The Morgan fingerprint density at radius 2 is 2.03 bits per heavy atom. The first-order valence-corrected chi connectivity index (χ1v) is 11.3. The largest absolute Gasteiger partial charge is 0.493 e. The molecular weight excluding hydrogens is 519 g/mol. The molecule has 0 aliphatic carbocycles. The fraction of sp³-hybridized carbons (Fsp3) is 0.609. The predicted molar refractivity (Wildman–Crippen MR) is 138 cm³/mol. The summed E-state index contributed by atoms with van der Waals surface area (Å²) >= 11 is 0. The number of ether oxygens (including phenoxy) is 2. The van der Waals surface area contributed by atoms with Crippen LogP contribution in [-0.4, -0.2) is 54.6 Å². The average Bonchev–Trinajstić information content (AvgIpc) is 3.00. The molecule has 1 aromatic carbocycles. The number of aliphatic imine (C=N–C) groups is 1. The van der Waals surface area contributed by atoms with E-state index in [2.05, 4.69) is 55.5 Å². The topological polar surface area (TPSA) is 85.6 Å². The molecular formula is C23H37IN6O2. The Labute approximate surface area is 208 Å². The molecule has 32 heavy (non-hydrogen) atoms. The number of rotatable bonds is 10. The Kier molecular flexibility index (Phi) is 11.8. The molecule has 0 radical (unpaired) electrons. The first kappa shape index (κ1) is 26.4. The summed E-state index contributed by atoms with van der Waals surface area (Å²) in [5.41, 5.74) is 2.29. The lowest BCUT2D eigenvalue weighted by Gasteiger charge is -2.15. The number of fused-ring (bicyclic) bond motifs is 1. The molecule has 0 fully saturated rings. The van der Waals surface area contributed by atoms with Crippen LogP contribution in [-0.2, 0) is 30.7 Å². The predicted octanol–water partition coefficient (Wildman–Crippen LogP) is 3.25. The number of aryl methyl sites for hydroxylation is 2. The van der Waals surface area contributed by atoms with Crippen molar-refractivity contribution in [3.63, 3.8) is 0 Å². The first-order valence-electron chi connectivity index (χ1n) is 11.3. The van der Waals surface area contributed by atoms with Gasteiger partial charge in [0.2, 0.25) is 0 Å². The van der Waals surface area contributed by atoms with Crippen LogP contribution in [0.2, 0.25) is 0 Å². The lowest BCUT2D eigenvalue weighted by atomic mass is 10.1. The smallest absolute Gasteiger partial charge is 0.191 e. The summed E-state index contributed by atoms with van der Waals surface area (Å²) in [4.78, 5) is 4.35. The highest BCUT2D eigenvalue weighted by Gasteiger charge is 2.14. The Morgan fingerprint density at radius 1 is 1.16 bits per heavy atom. The highest BCUT2D eigenvalue weighted by Crippen LogP contribution is 2.20. The van der Waals surface area contributed by atoms with Gasteiger partial charge in [0.1, 0.15) is 17.4 Å². The molecule has 1 aromatic heterocycles. The first-order chi connectivity index (χ1) is 15.2. The normalized spacial score (nSPS) is 13.7. The Bertz CT molecular complexity index is 855. The highest BCUT2D eigenvalue weighted by atomic mass is 127. The second kappa shape index (κ2) is 14.3. The minimum absolute atomic E-state index is 0. The number of hydrogen-bond acceptors (Lipinski definition) is 5. The van der Waals surface area contributed by atoms with Crippen LogP contribution in [0.5, 0.6) is 5.75 Å². The summed E-state index contributed by atoms with van der Waals surface area (Å²) in [6.45, 7) is 5.84. The zero-order chi connectivity index (χ0) is 21.9. The number of aromatic nitrogens is 3. The summed E-state index contributed by atoms with van der Waals surface area (Å²) in [5.74, 6) is 3.87. The second-order valence-electron chi connectivity index (χ2n) is 7.90. The van der Waals surface area contributed by atoms with Crippen LogP contribution >= 0.6 is 24.0 Å². The minimum atomic E-state index is 0. The van der Waals surface area contributed by atoms with Gasteiger partial charge in [0.25, 0.3) is 0 Å². The number of halogens is 1. The lowest BCUT2D eigenvalue weighted by molar-refractivity contribution is 0.172. The van der Waals surface area contributed by atoms with E-state index in [4.69, 9.17) is 9.47 Å². The molecule has 1 aliphatic heterocycles. The molecule has 1 aliphatic rings. The summed E-state index contributed by atoms with van der Waals surface area (Å²) in [7, 11) is 3.50. The van der Waals surface area contributed by atoms with Crippen molar-refractivity contribution >= 4 is 29.9 Å². The third kappa shape index (κ3) is 7.91. The Hall–Kier alpha value is -1.88. The Balaban J connectivity index is 0.00000363. The van der Waals surface area contributed by atoms with Crippen molar-refractivity contribution < 1.29 is 9.47 Å². The molecule has 2 aromatic rings. The van der Waals surface area contributed by atoms with Gasteiger partial charge in [-0.15, -0.1) is 34.2 Å². The molecule has 2 heterocycles. The Morgan fingerprint density at radius 3 is 2.84 bits per heavy atom. The van der Waals surface area contributed by atoms with Crippen LogP contribution in [0.3, 0.4) is 0 Å². The number of nitrogens with zero attached hydrogens (tertiary/aromatic N) is 4. The molecule has 0 bridgehead atoms. The van der Waals surface area contributed by atoms with E-state index < -0.39 is 0 Å². The van der Waals surface area contributed by atoms with Crippen molar-refractivity contribution in [1.29, 1.82) is 0 Å². The van der Waals surface area contributed by atoms with E-state index in [-0.39, 0.29) is 24.0 Å². The molecule has 0 saturated carbocycles. The van der Waals surface area contributed by atoms with Gasteiger partial charge >= 0.3 is 0 Å². The molecule has 0 unspecified atom stereocenters. The third-order valence-electron chi connectivity index (χ3n) is 5.47. The zero-order valence-electron chi connectivity index (χ0n) is 19.5. The standard InChI is InChI=1S/C23H36N6O2.HI/c1-18-9-10-19(20(16-18)31-15-7-14-30-3)17-26-23(24-2)25-12-11-22-28-27-21-8-5-4-6-13-29(21)22;/h9-10,16H,4-8,11-15,17H2,1-3H3,(H2,24,25,26);1H.